The van der Waals surface area contributed by atoms with E-state index in [1.54, 1.807) is 24.3 Å². The molecule has 0 spiro atoms. The molecule has 1 saturated heterocycles. The van der Waals surface area contributed by atoms with Gasteiger partial charge in [-0.25, -0.2) is 4.98 Å². The molecule has 0 bridgehead atoms. The molecule has 1 fully saturated rings. The zero-order chi connectivity index (χ0) is 18.3. The highest BCUT2D eigenvalue weighted by Gasteiger charge is 2.24. The predicted molar refractivity (Wildman–Crippen MR) is 99.1 cm³/mol. The van der Waals surface area contributed by atoms with Crippen LogP contribution in [0.4, 0.5) is 0 Å². The zero-order valence-corrected chi connectivity index (χ0v) is 14.9. The quantitative estimate of drug-likeness (QED) is 0.738. The summed E-state index contributed by atoms with van der Waals surface area (Å²) in [7, 11) is 2.07. The Balaban J connectivity index is 1.80. The minimum absolute atomic E-state index is 0.00929. The number of carbonyl (C=O) groups is 1. The number of pyridine rings is 1. The molecular formula is C19H21N5O2. The fraction of sp³-hybridized carbons (Fsp3) is 0.316. The number of aromatic nitrogens is 3. The van der Waals surface area contributed by atoms with Gasteiger partial charge in [0.2, 0.25) is 0 Å². The van der Waals surface area contributed by atoms with E-state index in [-0.39, 0.29) is 11.7 Å². The molecule has 4 rings (SSSR count). The number of piperazine rings is 1. The van der Waals surface area contributed by atoms with Crippen LogP contribution in [0.1, 0.15) is 16.1 Å². The summed E-state index contributed by atoms with van der Waals surface area (Å²) < 4.78 is 0. The largest absolute Gasteiger partial charge is 0.508 e. The summed E-state index contributed by atoms with van der Waals surface area (Å²) in [6.07, 6.45) is 0. The molecule has 0 atom stereocenters. The van der Waals surface area contributed by atoms with E-state index in [4.69, 9.17) is 0 Å². The van der Waals surface area contributed by atoms with Gasteiger partial charge in [-0.15, -0.1) is 0 Å². The Bertz CT molecular complexity index is 956. The monoisotopic (exact) mass is 351 g/mol. The number of aromatic amines is 1. The fourth-order valence-corrected chi connectivity index (χ4v) is 3.31. The molecule has 0 radical (unpaired) electrons. The Morgan fingerprint density at radius 1 is 1.15 bits per heavy atom. The van der Waals surface area contributed by atoms with Crippen molar-refractivity contribution in [2.45, 2.75) is 6.92 Å². The second-order valence-corrected chi connectivity index (χ2v) is 6.73. The minimum Gasteiger partial charge on any atom is -0.508 e. The molecule has 3 heterocycles. The summed E-state index contributed by atoms with van der Waals surface area (Å²) in [5, 5.41) is 17.4. The van der Waals surface area contributed by atoms with E-state index < -0.39 is 0 Å². The van der Waals surface area contributed by atoms with E-state index in [9.17, 15) is 9.90 Å². The van der Waals surface area contributed by atoms with Gasteiger partial charge in [0.05, 0.1) is 22.3 Å². The molecule has 7 heteroatoms. The van der Waals surface area contributed by atoms with Gasteiger partial charge in [0, 0.05) is 31.7 Å². The third-order valence-electron chi connectivity index (χ3n) is 4.89. The van der Waals surface area contributed by atoms with Crippen LogP contribution in [0, 0.1) is 6.92 Å². The molecule has 0 aliphatic carbocycles. The van der Waals surface area contributed by atoms with E-state index >= 15 is 0 Å². The highest BCUT2D eigenvalue weighted by molar-refractivity contribution is 6.07. The second kappa shape index (κ2) is 6.42. The third-order valence-corrected chi connectivity index (χ3v) is 4.89. The van der Waals surface area contributed by atoms with Crippen molar-refractivity contribution in [3.05, 3.63) is 41.6 Å². The number of rotatable bonds is 2. The number of benzene rings is 1. The van der Waals surface area contributed by atoms with Crippen LogP contribution in [0.3, 0.4) is 0 Å². The molecule has 0 saturated carbocycles. The van der Waals surface area contributed by atoms with Crippen LogP contribution >= 0.6 is 0 Å². The maximum Gasteiger partial charge on any atom is 0.254 e. The molecular weight excluding hydrogens is 330 g/mol. The summed E-state index contributed by atoms with van der Waals surface area (Å²) >= 11 is 0. The standard InChI is InChI=1S/C19H21N5O2/c1-12-17-15(19(26)24-9-7-23(2)8-10-24)11-16(20-18(17)22-21-12)13-3-5-14(25)6-4-13/h3-6,11,25H,7-10H2,1-2H3,(H,20,21,22). The summed E-state index contributed by atoms with van der Waals surface area (Å²) in [4.78, 5) is 21.9. The second-order valence-electron chi connectivity index (χ2n) is 6.73. The van der Waals surface area contributed by atoms with Crippen molar-refractivity contribution in [1.82, 2.24) is 25.0 Å². The Morgan fingerprint density at radius 2 is 1.85 bits per heavy atom. The van der Waals surface area contributed by atoms with E-state index in [0.29, 0.717) is 30.0 Å². The molecule has 3 aromatic rings. The van der Waals surface area contributed by atoms with Gasteiger partial charge in [-0.1, -0.05) is 0 Å². The van der Waals surface area contributed by atoms with Crippen molar-refractivity contribution < 1.29 is 9.90 Å². The van der Waals surface area contributed by atoms with Gasteiger partial charge in [0.1, 0.15) is 5.75 Å². The van der Waals surface area contributed by atoms with Gasteiger partial charge < -0.3 is 14.9 Å². The Kier molecular flexibility index (Phi) is 4.08. The lowest BCUT2D eigenvalue weighted by Gasteiger charge is -2.32. The van der Waals surface area contributed by atoms with Gasteiger partial charge in [-0.2, -0.15) is 5.10 Å². The highest BCUT2D eigenvalue weighted by atomic mass is 16.3. The first-order chi connectivity index (χ1) is 12.5. The number of phenols is 1. The number of nitrogens with zero attached hydrogens (tertiary/aromatic N) is 4. The third kappa shape index (κ3) is 2.90. The number of amides is 1. The lowest BCUT2D eigenvalue weighted by molar-refractivity contribution is 0.0666. The molecule has 2 N–H and O–H groups in total. The number of H-pyrrole nitrogens is 1. The maximum absolute atomic E-state index is 13.2. The molecule has 26 heavy (non-hydrogen) atoms. The summed E-state index contributed by atoms with van der Waals surface area (Å²) in [5.41, 5.74) is 3.50. The van der Waals surface area contributed by atoms with Crippen molar-refractivity contribution in [1.29, 1.82) is 0 Å². The lowest BCUT2D eigenvalue weighted by atomic mass is 10.0. The first-order valence-corrected chi connectivity index (χ1v) is 8.66. The Hall–Kier alpha value is -2.93. The Morgan fingerprint density at radius 3 is 2.54 bits per heavy atom. The van der Waals surface area contributed by atoms with Crippen LogP contribution in [-0.2, 0) is 0 Å². The van der Waals surface area contributed by atoms with Crippen LogP contribution in [0.5, 0.6) is 5.75 Å². The van der Waals surface area contributed by atoms with Crippen LogP contribution < -0.4 is 0 Å². The van der Waals surface area contributed by atoms with Gasteiger partial charge in [-0.05, 0) is 44.3 Å². The predicted octanol–water partition coefficient (Wildman–Crippen LogP) is 2.03. The molecule has 2 aromatic heterocycles. The average molecular weight is 351 g/mol. The maximum atomic E-state index is 13.2. The van der Waals surface area contributed by atoms with Crippen LogP contribution in [0.15, 0.2) is 30.3 Å². The summed E-state index contributed by atoms with van der Waals surface area (Å²) in [6, 6.07) is 8.63. The average Bonchev–Trinajstić information content (AvgIpc) is 3.03. The zero-order valence-electron chi connectivity index (χ0n) is 14.9. The smallest absolute Gasteiger partial charge is 0.254 e. The fourth-order valence-electron chi connectivity index (χ4n) is 3.31. The number of likely N-dealkylation sites (N-methyl/N-ethyl adjacent to an activating group) is 1. The van der Waals surface area contributed by atoms with Gasteiger partial charge in [0.25, 0.3) is 5.91 Å². The van der Waals surface area contributed by atoms with Gasteiger partial charge >= 0.3 is 0 Å². The number of hydrogen-bond donors (Lipinski definition) is 2. The number of fused-ring (bicyclic) bond motifs is 1. The number of hydrogen-bond acceptors (Lipinski definition) is 5. The SMILES string of the molecule is Cc1n[nH]c2nc(-c3ccc(O)cc3)cc(C(=O)N3CCN(C)CC3)c12. The number of carbonyl (C=O) groups excluding carboxylic acids is 1. The summed E-state index contributed by atoms with van der Waals surface area (Å²) in [5.74, 6) is 0.205. The molecule has 1 amide bonds. The van der Waals surface area contributed by atoms with Gasteiger partial charge in [-0.3, -0.25) is 9.89 Å². The van der Waals surface area contributed by atoms with Crippen molar-refractivity contribution in [3.8, 4) is 17.0 Å². The lowest BCUT2D eigenvalue weighted by Crippen LogP contribution is -2.47. The number of phenolic OH excluding ortho intramolecular Hbond substituents is 1. The number of aryl methyl sites for hydroxylation is 1. The highest BCUT2D eigenvalue weighted by Crippen LogP contribution is 2.28. The van der Waals surface area contributed by atoms with Crippen molar-refractivity contribution >= 4 is 16.9 Å². The van der Waals surface area contributed by atoms with E-state index in [0.717, 1.165) is 29.7 Å². The van der Waals surface area contributed by atoms with E-state index in [2.05, 4.69) is 27.1 Å². The molecule has 1 aromatic carbocycles. The molecule has 1 aliphatic heterocycles. The first kappa shape index (κ1) is 16.5. The van der Waals surface area contributed by atoms with E-state index in [1.165, 1.54) is 0 Å². The molecule has 0 unspecified atom stereocenters. The van der Waals surface area contributed by atoms with Crippen molar-refractivity contribution in [2.75, 3.05) is 33.2 Å². The molecule has 1 aliphatic rings. The van der Waals surface area contributed by atoms with Crippen LogP contribution in [0.2, 0.25) is 0 Å². The van der Waals surface area contributed by atoms with Crippen LogP contribution in [-0.4, -0.2) is 69.2 Å². The number of nitrogens with one attached hydrogen (secondary N) is 1. The minimum atomic E-state index is 0.00929. The topological polar surface area (TPSA) is 85.3 Å². The Labute approximate surface area is 151 Å². The molecule has 7 nitrogen and oxygen atoms in total. The molecule has 134 valence electrons. The number of aromatic hydroxyl groups is 1. The first-order valence-electron chi connectivity index (χ1n) is 8.66. The van der Waals surface area contributed by atoms with Gasteiger partial charge in [0.15, 0.2) is 5.65 Å². The van der Waals surface area contributed by atoms with Crippen molar-refractivity contribution in [2.24, 2.45) is 0 Å². The summed E-state index contributed by atoms with van der Waals surface area (Å²) in [6.45, 7) is 5.04. The van der Waals surface area contributed by atoms with Crippen LogP contribution in [0.25, 0.3) is 22.3 Å². The normalized spacial score (nSPS) is 15.5. The van der Waals surface area contributed by atoms with Crippen molar-refractivity contribution in [3.63, 3.8) is 0 Å². The van der Waals surface area contributed by atoms with E-state index in [1.807, 2.05) is 17.9 Å².